The number of carbonyl (C=O) groups is 2. The van der Waals surface area contributed by atoms with Gasteiger partial charge in [0, 0.05) is 11.4 Å². The maximum Gasteiger partial charge on any atom is 0.277 e. The van der Waals surface area contributed by atoms with E-state index in [1.165, 1.54) is 19.4 Å². The van der Waals surface area contributed by atoms with Crippen LogP contribution in [0.4, 0.5) is 11.4 Å². The van der Waals surface area contributed by atoms with Crippen molar-refractivity contribution >= 4 is 23.2 Å². The minimum Gasteiger partial charge on any atom is -0.508 e. The second-order valence-electron chi connectivity index (χ2n) is 9.10. The van der Waals surface area contributed by atoms with Crippen molar-refractivity contribution in [1.82, 2.24) is 9.78 Å². The molecule has 1 atom stereocenters. The molecule has 1 unspecified atom stereocenters. The second kappa shape index (κ2) is 10.1. The van der Waals surface area contributed by atoms with Gasteiger partial charge in [0.15, 0.2) is 0 Å². The first-order valence-electron chi connectivity index (χ1n) is 12.0. The molecule has 190 valence electrons. The molecule has 0 saturated carbocycles. The molecular formula is C29H25N5O4. The van der Waals surface area contributed by atoms with E-state index in [1.54, 1.807) is 33.8 Å². The summed E-state index contributed by atoms with van der Waals surface area (Å²) < 4.78 is 6.72. The number of amides is 2. The Kier molecular flexibility index (Phi) is 6.54. The SMILES string of the molecule is COc1ccc(NC(=O)c2cnn3c2C(=O)N(c2ccc(Cc4ccc(O)cc4)cc2)C(C)C3)cc1C#N. The molecule has 2 amide bonds. The molecular weight excluding hydrogens is 482 g/mol. The molecule has 4 aromatic rings. The molecule has 2 heterocycles. The standard InChI is InChI=1S/C29H25N5O4/c1-18-17-33-27(25(16-31-33)28(36)32-22-7-12-26(38-2)21(14-22)15-30)29(37)34(18)23-8-3-19(4-9-23)13-20-5-10-24(35)11-6-20/h3-12,14,16,18,35H,13,17H2,1-2H3,(H,32,36). The number of nitrogens with one attached hydrogen (secondary N) is 1. The fourth-order valence-electron chi connectivity index (χ4n) is 4.63. The Bertz CT molecular complexity index is 1550. The third-order valence-corrected chi connectivity index (χ3v) is 6.52. The van der Waals surface area contributed by atoms with E-state index < -0.39 is 5.91 Å². The number of aromatic hydroxyl groups is 1. The number of fused-ring (bicyclic) bond motifs is 1. The molecule has 1 aliphatic rings. The number of hydrogen-bond donors (Lipinski definition) is 2. The van der Waals surface area contributed by atoms with Gasteiger partial charge < -0.3 is 20.1 Å². The Morgan fingerprint density at radius 1 is 1.13 bits per heavy atom. The van der Waals surface area contributed by atoms with E-state index in [2.05, 4.69) is 10.4 Å². The molecule has 0 aliphatic carbocycles. The largest absolute Gasteiger partial charge is 0.508 e. The molecule has 0 radical (unpaired) electrons. The summed E-state index contributed by atoms with van der Waals surface area (Å²) in [5.74, 6) is -0.176. The van der Waals surface area contributed by atoms with Crippen molar-refractivity contribution < 1.29 is 19.4 Å². The van der Waals surface area contributed by atoms with E-state index in [0.29, 0.717) is 24.4 Å². The Balaban J connectivity index is 1.37. The van der Waals surface area contributed by atoms with E-state index in [4.69, 9.17) is 4.74 Å². The van der Waals surface area contributed by atoms with Crippen molar-refractivity contribution in [3.63, 3.8) is 0 Å². The first-order chi connectivity index (χ1) is 18.4. The number of nitriles is 1. The summed E-state index contributed by atoms with van der Waals surface area (Å²) in [5, 5.41) is 25.9. The number of hydrogen-bond acceptors (Lipinski definition) is 6. The molecule has 1 aromatic heterocycles. The van der Waals surface area contributed by atoms with Gasteiger partial charge in [-0.1, -0.05) is 24.3 Å². The summed E-state index contributed by atoms with van der Waals surface area (Å²) in [7, 11) is 1.47. The summed E-state index contributed by atoms with van der Waals surface area (Å²) in [5.41, 5.74) is 3.92. The summed E-state index contributed by atoms with van der Waals surface area (Å²) in [6.45, 7) is 2.37. The van der Waals surface area contributed by atoms with E-state index in [-0.39, 0.29) is 34.5 Å². The van der Waals surface area contributed by atoms with Gasteiger partial charge >= 0.3 is 0 Å². The first kappa shape index (κ1) is 24.6. The lowest BCUT2D eigenvalue weighted by atomic mass is 10.0. The lowest BCUT2D eigenvalue weighted by molar-refractivity contribution is 0.0933. The van der Waals surface area contributed by atoms with Crippen LogP contribution >= 0.6 is 0 Å². The Labute approximate surface area is 219 Å². The summed E-state index contributed by atoms with van der Waals surface area (Å²) in [4.78, 5) is 28.5. The predicted octanol–water partition coefficient (Wildman–Crippen LogP) is 4.36. The highest BCUT2D eigenvalue weighted by Crippen LogP contribution is 2.28. The van der Waals surface area contributed by atoms with Gasteiger partial charge in [-0.2, -0.15) is 10.4 Å². The van der Waals surface area contributed by atoms with Crippen molar-refractivity contribution in [3.8, 4) is 17.6 Å². The fourth-order valence-corrected chi connectivity index (χ4v) is 4.63. The van der Waals surface area contributed by atoms with Crippen LogP contribution in [0.2, 0.25) is 0 Å². The maximum absolute atomic E-state index is 13.7. The van der Waals surface area contributed by atoms with E-state index >= 15 is 0 Å². The zero-order valence-corrected chi connectivity index (χ0v) is 20.9. The zero-order chi connectivity index (χ0) is 26.8. The molecule has 0 fully saturated rings. The van der Waals surface area contributed by atoms with Crippen LogP contribution in [0.15, 0.2) is 72.9 Å². The average Bonchev–Trinajstić information content (AvgIpc) is 3.35. The Morgan fingerprint density at radius 2 is 1.82 bits per heavy atom. The molecule has 5 rings (SSSR count). The van der Waals surface area contributed by atoms with Gasteiger partial charge in [0.2, 0.25) is 0 Å². The monoisotopic (exact) mass is 507 g/mol. The van der Waals surface area contributed by atoms with E-state index in [0.717, 1.165) is 16.8 Å². The minimum absolute atomic E-state index is 0.158. The normalized spacial score (nSPS) is 14.5. The van der Waals surface area contributed by atoms with Crippen molar-refractivity contribution in [1.29, 1.82) is 5.26 Å². The number of nitrogens with zero attached hydrogens (tertiary/aromatic N) is 4. The number of methoxy groups -OCH3 is 1. The van der Waals surface area contributed by atoms with Crippen LogP contribution < -0.4 is 15.0 Å². The molecule has 9 nitrogen and oxygen atoms in total. The van der Waals surface area contributed by atoms with Gasteiger partial charge in [-0.15, -0.1) is 0 Å². The third-order valence-electron chi connectivity index (χ3n) is 6.52. The zero-order valence-electron chi connectivity index (χ0n) is 20.9. The number of phenolic OH excluding ortho intramolecular Hbond substituents is 1. The van der Waals surface area contributed by atoms with Crippen LogP contribution in [0.5, 0.6) is 11.5 Å². The van der Waals surface area contributed by atoms with Crippen LogP contribution in [0, 0.1) is 11.3 Å². The van der Waals surface area contributed by atoms with Crippen LogP contribution in [0.25, 0.3) is 0 Å². The van der Waals surface area contributed by atoms with E-state index in [1.807, 2.05) is 49.4 Å². The van der Waals surface area contributed by atoms with Crippen LogP contribution in [0.3, 0.4) is 0 Å². The lowest BCUT2D eigenvalue weighted by Crippen LogP contribution is -2.47. The van der Waals surface area contributed by atoms with Gasteiger partial charge in [-0.3, -0.25) is 14.3 Å². The highest BCUT2D eigenvalue weighted by Gasteiger charge is 2.35. The average molecular weight is 508 g/mol. The van der Waals surface area contributed by atoms with Gasteiger partial charge in [0.1, 0.15) is 23.3 Å². The first-order valence-corrected chi connectivity index (χ1v) is 12.0. The van der Waals surface area contributed by atoms with Crippen molar-refractivity contribution in [2.24, 2.45) is 0 Å². The van der Waals surface area contributed by atoms with Crippen LogP contribution in [-0.4, -0.2) is 39.9 Å². The van der Waals surface area contributed by atoms with Crippen LogP contribution in [-0.2, 0) is 13.0 Å². The molecule has 3 aromatic carbocycles. The molecule has 38 heavy (non-hydrogen) atoms. The Morgan fingerprint density at radius 3 is 2.47 bits per heavy atom. The Hall–Kier alpha value is -5.10. The summed E-state index contributed by atoms with van der Waals surface area (Å²) in [6.07, 6.45) is 2.09. The predicted molar refractivity (Wildman–Crippen MR) is 142 cm³/mol. The summed E-state index contributed by atoms with van der Waals surface area (Å²) >= 11 is 0. The number of anilines is 2. The highest BCUT2D eigenvalue weighted by atomic mass is 16.5. The van der Waals surface area contributed by atoms with Gasteiger partial charge in [-0.25, -0.2) is 0 Å². The molecule has 2 N–H and O–H groups in total. The molecule has 0 bridgehead atoms. The third kappa shape index (κ3) is 4.67. The smallest absolute Gasteiger partial charge is 0.277 e. The number of rotatable bonds is 6. The minimum atomic E-state index is -0.493. The molecule has 9 heteroatoms. The summed E-state index contributed by atoms with van der Waals surface area (Å²) in [6, 6.07) is 21.4. The topological polar surface area (TPSA) is 120 Å². The highest BCUT2D eigenvalue weighted by molar-refractivity contribution is 6.15. The van der Waals surface area contributed by atoms with Crippen molar-refractivity contribution in [3.05, 3.63) is 101 Å². The fraction of sp³-hybridized carbons (Fsp3) is 0.172. The number of ether oxygens (including phenoxy) is 1. The number of aromatic nitrogens is 2. The van der Waals surface area contributed by atoms with E-state index in [9.17, 15) is 20.0 Å². The van der Waals surface area contributed by atoms with Crippen LogP contribution in [0.1, 0.15) is 44.5 Å². The van der Waals surface area contributed by atoms with Crippen molar-refractivity contribution in [2.75, 3.05) is 17.3 Å². The van der Waals surface area contributed by atoms with Crippen molar-refractivity contribution in [2.45, 2.75) is 25.9 Å². The quantitative estimate of drug-likeness (QED) is 0.400. The second-order valence-corrected chi connectivity index (χ2v) is 9.10. The molecule has 0 saturated heterocycles. The van der Waals surface area contributed by atoms with Gasteiger partial charge in [-0.05, 0) is 66.9 Å². The number of carbonyl (C=O) groups excluding carboxylic acids is 2. The van der Waals surface area contributed by atoms with Gasteiger partial charge in [0.25, 0.3) is 11.8 Å². The lowest BCUT2D eigenvalue weighted by Gasteiger charge is -2.34. The molecule has 1 aliphatic heterocycles. The number of benzene rings is 3. The van der Waals surface area contributed by atoms with Gasteiger partial charge in [0.05, 0.1) is 37.0 Å². The number of phenols is 1. The maximum atomic E-state index is 13.7. The molecule has 0 spiro atoms.